The number of hydrogen-bond donors (Lipinski definition) is 0. The Morgan fingerprint density at radius 3 is 1.80 bits per heavy atom. The van der Waals surface area contributed by atoms with Crippen LogP contribution in [0.4, 0.5) is 17.6 Å². The monoisotopic (exact) mass is 527 g/mol. The van der Waals surface area contributed by atoms with Crippen molar-refractivity contribution in [2.24, 2.45) is 0 Å². The molecule has 1 aliphatic rings. The predicted molar refractivity (Wildman–Crippen MR) is 161 cm³/mol. The quantitative estimate of drug-likeness (QED) is 0.232. The van der Waals surface area contributed by atoms with Crippen LogP contribution in [0.25, 0.3) is 55.8 Å². The molecule has 0 aliphatic carbocycles. The zero-order chi connectivity index (χ0) is 27.2. The van der Waals surface area contributed by atoms with E-state index in [-0.39, 0.29) is 0 Å². The highest BCUT2D eigenvalue weighted by molar-refractivity contribution is 6.12. The topological polar surface area (TPSA) is 80.6 Å². The Morgan fingerprint density at radius 2 is 1.15 bits per heavy atom. The number of aromatic nitrogens is 6. The van der Waals surface area contributed by atoms with Gasteiger partial charge < -0.3 is 0 Å². The maximum absolute atomic E-state index is 4.98. The Labute approximate surface area is 235 Å². The summed E-state index contributed by atoms with van der Waals surface area (Å²) in [6.45, 7) is 0. The Hall–Kier alpha value is -5.82. The molecule has 8 rings (SSSR count). The average molecular weight is 528 g/mol. The van der Waals surface area contributed by atoms with Gasteiger partial charge in [0.1, 0.15) is 12.1 Å². The maximum Gasteiger partial charge on any atom is 0.241 e. The van der Waals surface area contributed by atoms with E-state index in [1.54, 1.807) is 6.33 Å². The van der Waals surface area contributed by atoms with Crippen LogP contribution in [0.3, 0.4) is 0 Å². The molecular weight excluding hydrogens is 506 g/mol. The Kier molecular flexibility index (Phi) is 5.31. The second kappa shape index (κ2) is 9.43. The predicted octanol–water partition coefficient (Wildman–Crippen LogP) is 7.66. The van der Waals surface area contributed by atoms with Gasteiger partial charge in [0, 0.05) is 34.5 Å². The van der Waals surface area contributed by atoms with Crippen molar-refractivity contribution in [3.63, 3.8) is 0 Å². The van der Waals surface area contributed by atoms with Crippen LogP contribution < -0.4 is 4.90 Å². The Bertz CT molecular complexity index is 1990. The first-order valence-corrected chi connectivity index (χ1v) is 13.3. The van der Waals surface area contributed by atoms with E-state index < -0.39 is 0 Å². The highest BCUT2D eigenvalue weighted by Crippen LogP contribution is 2.49. The summed E-state index contributed by atoms with van der Waals surface area (Å²) in [5.41, 5.74) is 5.96. The minimum atomic E-state index is 0.440. The summed E-state index contributed by atoms with van der Waals surface area (Å²) in [5.74, 6) is 2.97. The fraction of sp³-hybridized carbons (Fsp3) is 0. The summed E-state index contributed by atoms with van der Waals surface area (Å²) in [5, 5.41) is 2.06. The highest BCUT2D eigenvalue weighted by atomic mass is 15.3. The first kappa shape index (κ1) is 23.1. The third-order valence-electron chi connectivity index (χ3n) is 7.24. The number of anilines is 3. The third kappa shape index (κ3) is 3.91. The standard InChI is InChI=1S/C34H21N7/c1-4-10-22(11-5-1)26-18-25-16-17-36-33-29(25)27(19-26)28-20-35-21-37-32(28)41(33)34-39-30(23-12-6-2-7-13-23)38-31(40-34)24-14-8-3-9-15-24/h1-21H. The van der Waals surface area contributed by atoms with Crippen molar-refractivity contribution in [2.75, 3.05) is 4.90 Å². The average Bonchev–Trinajstić information content (AvgIpc) is 3.06. The second-order valence-electron chi connectivity index (χ2n) is 9.73. The Balaban J connectivity index is 1.41. The van der Waals surface area contributed by atoms with Crippen molar-refractivity contribution in [2.45, 2.75) is 0 Å². The summed E-state index contributed by atoms with van der Waals surface area (Å²) in [6, 6.07) is 36.7. The van der Waals surface area contributed by atoms with Gasteiger partial charge in [-0.1, -0.05) is 91.0 Å². The van der Waals surface area contributed by atoms with Crippen molar-refractivity contribution >= 4 is 28.4 Å². The first-order chi connectivity index (χ1) is 20.3. The van der Waals surface area contributed by atoms with Gasteiger partial charge in [-0.15, -0.1) is 0 Å². The summed E-state index contributed by atoms with van der Waals surface area (Å²) < 4.78 is 0. The molecule has 0 N–H and O–H groups in total. The number of hydrogen-bond acceptors (Lipinski definition) is 7. The van der Waals surface area contributed by atoms with Crippen LogP contribution in [0.1, 0.15) is 0 Å². The SMILES string of the molecule is c1ccc(-c2cc3c4c(nccc4c2)N(c2nc(-c4ccccc4)nc(-c4ccccc4)n2)c2ncncc2-3)cc1. The number of benzene rings is 4. The van der Waals surface area contributed by atoms with E-state index in [0.717, 1.165) is 44.2 Å². The van der Waals surface area contributed by atoms with Crippen molar-refractivity contribution < 1.29 is 0 Å². The molecule has 7 heteroatoms. The Morgan fingerprint density at radius 1 is 0.512 bits per heavy atom. The van der Waals surface area contributed by atoms with Crippen LogP contribution in [0, 0.1) is 0 Å². The minimum Gasteiger partial charge on any atom is -0.245 e. The van der Waals surface area contributed by atoms with Gasteiger partial charge in [-0.2, -0.15) is 9.97 Å². The lowest BCUT2D eigenvalue weighted by atomic mass is 9.92. The van der Waals surface area contributed by atoms with Crippen LogP contribution >= 0.6 is 0 Å². The lowest BCUT2D eigenvalue weighted by Gasteiger charge is -2.29. The molecule has 0 unspecified atom stereocenters. The third-order valence-corrected chi connectivity index (χ3v) is 7.24. The van der Waals surface area contributed by atoms with E-state index in [4.69, 9.17) is 24.9 Å². The molecule has 0 amide bonds. The molecule has 1 aliphatic heterocycles. The molecule has 0 bridgehead atoms. The zero-order valence-electron chi connectivity index (χ0n) is 21.8. The molecule has 7 aromatic rings. The van der Waals surface area contributed by atoms with E-state index in [1.165, 1.54) is 0 Å². The van der Waals surface area contributed by atoms with E-state index in [0.29, 0.717) is 29.2 Å². The van der Waals surface area contributed by atoms with E-state index in [9.17, 15) is 0 Å². The minimum absolute atomic E-state index is 0.440. The molecule has 4 aromatic carbocycles. The lowest BCUT2D eigenvalue weighted by Crippen LogP contribution is -2.21. The number of nitrogens with zero attached hydrogens (tertiary/aromatic N) is 7. The number of fused-ring (bicyclic) bond motifs is 2. The lowest BCUT2D eigenvalue weighted by molar-refractivity contribution is 0.986. The van der Waals surface area contributed by atoms with Gasteiger partial charge in [0.15, 0.2) is 17.5 Å². The van der Waals surface area contributed by atoms with Gasteiger partial charge in [0.05, 0.1) is 0 Å². The van der Waals surface area contributed by atoms with Gasteiger partial charge in [0.2, 0.25) is 5.95 Å². The highest BCUT2D eigenvalue weighted by Gasteiger charge is 2.31. The fourth-order valence-electron chi connectivity index (χ4n) is 5.36. The molecule has 0 atom stereocenters. The molecular formula is C34H21N7. The molecule has 192 valence electrons. The summed E-state index contributed by atoms with van der Waals surface area (Å²) in [4.78, 5) is 30.8. The molecule has 41 heavy (non-hydrogen) atoms. The molecule has 4 heterocycles. The molecule has 7 nitrogen and oxygen atoms in total. The van der Waals surface area contributed by atoms with E-state index >= 15 is 0 Å². The van der Waals surface area contributed by atoms with Gasteiger partial charge >= 0.3 is 0 Å². The van der Waals surface area contributed by atoms with Crippen LogP contribution in [-0.2, 0) is 0 Å². The van der Waals surface area contributed by atoms with Crippen LogP contribution in [-0.4, -0.2) is 29.9 Å². The number of pyridine rings is 1. The molecule has 0 radical (unpaired) electrons. The van der Waals surface area contributed by atoms with Gasteiger partial charge in [-0.25, -0.2) is 24.8 Å². The summed E-state index contributed by atoms with van der Waals surface area (Å²) in [7, 11) is 0. The van der Waals surface area contributed by atoms with Crippen molar-refractivity contribution in [1.29, 1.82) is 0 Å². The van der Waals surface area contributed by atoms with Crippen LogP contribution in [0.5, 0.6) is 0 Å². The summed E-state index contributed by atoms with van der Waals surface area (Å²) >= 11 is 0. The zero-order valence-corrected chi connectivity index (χ0v) is 21.8. The van der Waals surface area contributed by atoms with Crippen molar-refractivity contribution in [3.8, 4) is 45.0 Å². The fourth-order valence-corrected chi connectivity index (χ4v) is 5.36. The molecule has 3 aromatic heterocycles. The largest absolute Gasteiger partial charge is 0.245 e. The van der Waals surface area contributed by atoms with E-state index in [2.05, 4.69) is 41.4 Å². The number of rotatable bonds is 4. The summed E-state index contributed by atoms with van der Waals surface area (Å²) in [6.07, 6.45) is 5.23. The van der Waals surface area contributed by atoms with Crippen molar-refractivity contribution in [3.05, 3.63) is 128 Å². The van der Waals surface area contributed by atoms with E-state index in [1.807, 2.05) is 90.1 Å². The smallest absolute Gasteiger partial charge is 0.241 e. The normalized spacial score (nSPS) is 11.9. The van der Waals surface area contributed by atoms with Crippen LogP contribution in [0.15, 0.2) is 128 Å². The second-order valence-corrected chi connectivity index (χ2v) is 9.73. The molecule has 0 saturated carbocycles. The van der Waals surface area contributed by atoms with Crippen LogP contribution in [0.2, 0.25) is 0 Å². The molecule has 0 spiro atoms. The van der Waals surface area contributed by atoms with Crippen molar-refractivity contribution in [1.82, 2.24) is 29.9 Å². The van der Waals surface area contributed by atoms with Gasteiger partial charge in [-0.05, 0) is 40.3 Å². The maximum atomic E-state index is 4.98. The molecule has 0 fully saturated rings. The van der Waals surface area contributed by atoms with Gasteiger partial charge in [-0.3, -0.25) is 0 Å². The van der Waals surface area contributed by atoms with Gasteiger partial charge in [0.25, 0.3) is 0 Å². The molecule has 0 saturated heterocycles. The first-order valence-electron chi connectivity index (χ1n) is 13.3.